The number of sulfonamides is 1. The largest absolute Gasteiger partial charge is 0.497 e. The van der Waals surface area contributed by atoms with E-state index in [-0.39, 0.29) is 10.8 Å². The van der Waals surface area contributed by atoms with Gasteiger partial charge < -0.3 is 9.64 Å². The molecule has 4 rings (SSSR count). The number of hydrogen-bond acceptors (Lipinski definition) is 6. The Bertz CT molecular complexity index is 1270. The average molecular weight is 481 g/mol. The molecular formula is C26H32N4O3S. The number of ether oxygens (including phenoxy) is 1. The molecule has 7 nitrogen and oxygen atoms in total. The highest BCUT2D eigenvalue weighted by atomic mass is 32.2. The minimum absolute atomic E-state index is 0.252. The first-order chi connectivity index (χ1) is 16.2. The summed E-state index contributed by atoms with van der Waals surface area (Å²) in [5.41, 5.74) is 4.22. The standard InChI is InChI=1S/C26H32N4O3S/c1-18(2)24-20(4)27-25(21-8-6-7-19(3)17-21)28-26(24)29-13-15-30(16-14-29)34(31,32)23-11-9-22(33-5)10-12-23/h6-12,17-18H,13-16H2,1-5H3. The molecule has 180 valence electrons. The van der Waals surface area contributed by atoms with E-state index in [0.29, 0.717) is 37.8 Å². The van der Waals surface area contributed by atoms with Gasteiger partial charge in [-0.2, -0.15) is 4.31 Å². The predicted molar refractivity (Wildman–Crippen MR) is 135 cm³/mol. The van der Waals surface area contributed by atoms with E-state index in [0.717, 1.165) is 28.2 Å². The van der Waals surface area contributed by atoms with Crippen LogP contribution >= 0.6 is 0 Å². The van der Waals surface area contributed by atoms with E-state index in [2.05, 4.69) is 37.8 Å². The molecule has 1 aliphatic rings. The van der Waals surface area contributed by atoms with Crippen LogP contribution in [0.25, 0.3) is 11.4 Å². The Morgan fingerprint density at radius 1 is 0.941 bits per heavy atom. The second kappa shape index (κ2) is 9.72. The summed E-state index contributed by atoms with van der Waals surface area (Å²) < 4.78 is 33.0. The van der Waals surface area contributed by atoms with Crippen molar-refractivity contribution in [2.45, 2.75) is 38.5 Å². The molecular weight excluding hydrogens is 448 g/mol. The maximum absolute atomic E-state index is 13.2. The first-order valence-electron chi connectivity index (χ1n) is 11.6. The van der Waals surface area contributed by atoms with Crippen molar-refractivity contribution in [2.24, 2.45) is 0 Å². The molecule has 0 amide bonds. The van der Waals surface area contributed by atoms with E-state index in [1.165, 1.54) is 0 Å². The molecule has 0 spiro atoms. The first-order valence-corrected chi connectivity index (χ1v) is 13.0. The number of methoxy groups -OCH3 is 1. The first kappa shape index (κ1) is 24.2. The Morgan fingerprint density at radius 3 is 2.21 bits per heavy atom. The number of nitrogens with zero attached hydrogens (tertiary/aromatic N) is 4. The summed E-state index contributed by atoms with van der Waals surface area (Å²) in [6, 6.07) is 14.7. The molecule has 2 aromatic carbocycles. The fourth-order valence-corrected chi connectivity index (χ4v) is 5.86. The molecule has 0 unspecified atom stereocenters. The van der Waals surface area contributed by atoms with Crippen LogP contribution in [0.15, 0.2) is 53.4 Å². The normalized spacial score (nSPS) is 15.1. The third kappa shape index (κ3) is 4.79. The van der Waals surface area contributed by atoms with Crippen molar-refractivity contribution in [3.63, 3.8) is 0 Å². The molecule has 34 heavy (non-hydrogen) atoms. The second-order valence-electron chi connectivity index (χ2n) is 8.96. The number of piperazine rings is 1. The number of anilines is 1. The van der Waals surface area contributed by atoms with Crippen molar-refractivity contribution in [3.05, 3.63) is 65.4 Å². The van der Waals surface area contributed by atoms with Gasteiger partial charge in [0.2, 0.25) is 10.0 Å². The van der Waals surface area contributed by atoms with Crippen molar-refractivity contribution < 1.29 is 13.2 Å². The van der Waals surface area contributed by atoms with Gasteiger partial charge in [-0.25, -0.2) is 18.4 Å². The molecule has 0 bridgehead atoms. The zero-order valence-electron chi connectivity index (χ0n) is 20.4. The lowest BCUT2D eigenvalue weighted by molar-refractivity contribution is 0.383. The van der Waals surface area contributed by atoms with Crippen LogP contribution in [0.1, 0.15) is 36.6 Å². The monoisotopic (exact) mass is 480 g/mol. The van der Waals surface area contributed by atoms with Crippen molar-refractivity contribution in [3.8, 4) is 17.1 Å². The molecule has 1 fully saturated rings. The van der Waals surface area contributed by atoms with Gasteiger partial charge in [0, 0.05) is 43.0 Å². The number of rotatable bonds is 6. The Morgan fingerprint density at radius 2 is 1.62 bits per heavy atom. The van der Waals surface area contributed by atoms with Gasteiger partial charge in [-0.3, -0.25) is 0 Å². The summed E-state index contributed by atoms with van der Waals surface area (Å²) in [6.45, 7) is 10.3. The van der Waals surface area contributed by atoms with Gasteiger partial charge in [0.25, 0.3) is 0 Å². The van der Waals surface area contributed by atoms with Gasteiger partial charge in [-0.05, 0) is 50.1 Å². The molecule has 1 aromatic heterocycles. The molecule has 8 heteroatoms. The van der Waals surface area contributed by atoms with Gasteiger partial charge in [-0.15, -0.1) is 0 Å². The van der Waals surface area contributed by atoms with Gasteiger partial charge in [0.05, 0.1) is 12.0 Å². The fourth-order valence-electron chi connectivity index (χ4n) is 4.43. The van der Waals surface area contributed by atoms with E-state index >= 15 is 0 Å². The van der Waals surface area contributed by atoms with Gasteiger partial charge in [0.1, 0.15) is 11.6 Å². The van der Waals surface area contributed by atoms with Gasteiger partial charge in [-0.1, -0.05) is 37.6 Å². The Balaban J connectivity index is 1.61. The van der Waals surface area contributed by atoms with Crippen LogP contribution in [-0.2, 0) is 10.0 Å². The fraction of sp³-hybridized carbons (Fsp3) is 0.385. The smallest absolute Gasteiger partial charge is 0.243 e. The summed E-state index contributed by atoms with van der Waals surface area (Å²) in [4.78, 5) is 12.3. The van der Waals surface area contributed by atoms with Crippen LogP contribution in [0.3, 0.4) is 0 Å². The van der Waals surface area contributed by atoms with Crippen molar-refractivity contribution in [2.75, 3.05) is 38.2 Å². The third-order valence-corrected chi connectivity index (χ3v) is 8.12. The highest BCUT2D eigenvalue weighted by Gasteiger charge is 2.30. The van der Waals surface area contributed by atoms with Gasteiger partial charge in [0.15, 0.2) is 5.82 Å². The predicted octanol–water partition coefficient (Wildman–Crippen LogP) is 4.40. The minimum Gasteiger partial charge on any atom is -0.497 e. The van der Waals surface area contributed by atoms with E-state index in [4.69, 9.17) is 14.7 Å². The van der Waals surface area contributed by atoms with Crippen molar-refractivity contribution in [1.82, 2.24) is 14.3 Å². The molecule has 0 saturated carbocycles. The Hall–Kier alpha value is -2.97. The zero-order chi connectivity index (χ0) is 24.5. The summed E-state index contributed by atoms with van der Waals surface area (Å²) in [6.07, 6.45) is 0. The molecule has 1 saturated heterocycles. The van der Waals surface area contributed by atoms with Crippen LogP contribution < -0.4 is 9.64 Å². The van der Waals surface area contributed by atoms with E-state index < -0.39 is 10.0 Å². The van der Waals surface area contributed by atoms with E-state index in [1.54, 1.807) is 35.7 Å². The second-order valence-corrected chi connectivity index (χ2v) is 10.9. The summed E-state index contributed by atoms with van der Waals surface area (Å²) in [5, 5.41) is 0. The van der Waals surface area contributed by atoms with Crippen LogP contribution in [0, 0.1) is 13.8 Å². The molecule has 0 aliphatic carbocycles. The summed E-state index contributed by atoms with van der Waals surface area (Å²) in [7, 11) is -2.00. The topological polar surface area (TPSA) is 75.6 Å². The molecule has 3 aromatic rings. The van der Waals surface area contributed by atoms with Crippen LogP contribution in [-0.4, -0.2) is 56.0 Å². The number of aryl methyl sites for hydroxylation is 2. The zero-order valence-corrected chi connectivity index (χ0v) is 21.3. The highest BCUT2D eigenvalue weighted by Crippen LogP contribution is 2.32. The van der Waals surface area contributed by atoms with Crippen LogP contribution in [0.4, 0.5) is 5.82 Å². The number of hydrogen-bond donors (Lipinski definition) is 0. The van der Waals surface area contributed by atoms with Crippen LogP contribution in [0.5, 0.6) is 5.75 Å². The lowest BCUT2D eigenvalue weighted by Crippen LogP contribution is -2.49. The molecule has 0 radical (unpaired) electrons. The summed E-state index contributed by atoms with van der Waals surface area (Å²) in [5.74, 6) is 2.49. The lowest BCUT2D eigenvalue weighted by Gasteiger charge is -2.36. The van der Waals surface area contributed by atoms with E-state index in [9.17, 15) is 8.42 Å². The van der Waals surface area contributed by atoms with Crippen molar-refractivity contribution >= 4 is 15.8 Å². The molecule has 2 heterocycles. The number of benzene rings is 2. The third-order valence-electron chi connectivity index (χ3n) is 6.21. The minimum atomic E-state index is -3.56. The lowest BCUT2D eigenvalue weighted by atomic mass is 10.0. The molecule has 1 aliphatic heterocycles. The van der Waals surface area contributed by atoms with Gasteiger partial charge >= 0.3 is 0 Å². The van der Waals surface area contributed by atoms with Crippen molar-refractivity contribution in [1.29, 1.82) is 0 Å². The average Bonchev–Trinajstić information content (AvgIpc) is 2.83. The SMILES string of the molecule is COc1ccc(S(=O)(=O)N2CCN(c3nc(-c4cccc(C)c4)nc(C)c3C(C)C)CC2)cc1. The maximum Gasteiger partial charge on any atom is 0.243 e. The summed E-state index contributed by atoms with van der Waals surface area (Å²) >= 11 is 0. The Labute approximate surface area is 202 Å². The quantitative estimate of drug-likeness (QED) is 0.520. The van der Waals surface area contributed by atoms with E-state index in [1.807, 2.05) is 19.1 Å². The maximum atomic E-state index is 13.2. The molecule has 0 N–H and O–H groups in total. The Kier molecular flexibility index (Phi) is 6.91. The highest BCUT2D eigenvalue weighted by molar-refractivity contribution is 7.89. The van der Waals surface area contributed by atoms with Crippen LogP contribution in [0.2, 0.25) is 0 Å². The molecule has 0 atom stereocenters. The number of aromatic nitrogens is 2.